The van der Waals surface area contributed by atoms with Crippen LogP contribution in [-0.2, 0) is 11.2 Å². The Labute approximate surface area is 201 Å². The van der Waals surface area contributed by atoms with Crippen LogP contribution in [0.5, 0.6) is 5.75 Å². The number of amides is 2. The summed E-state index contributed by atoms with van der Waals surface area (Å²) in [6.07, 6.45) is 4.11. The smallest absolute Gasteiger partial charge is 0.251 e. The number of ether oxygens (including phenoxy) is 1. The van der Waals surface area contributed by atoms with Crippen molar-refractivity contribution in [3.63, 3.8) is 0 Å². The standard InChI is InChI=1S/C26H35N5O3/c1-34-22-9-2-18(3-10-22)16-25(32)31-14-12-30(13-15-31)24-11-4-19(17-23(24)28)26(33)29-21-7-5-20(27)6-8-21/h2-4,9-11,17,20-21H,5-8,12-16,27-28H2,1H3,(H,29,33). The van der Waals surface area contributed by atoms with Gasteiger partial charge in [0.1, 0.15) is 5.75 Å². The fourth-order valence-corrected chi connectivity index (χ4v) is 4.74. The molecular weight excluding hydrogens is 430 g/mol. The monoisotopic (exact) mass is 465 g/mol. The number of methoxy groups -OCH3 is 1. The lowest BCUT2D eigenvalue weighted by atomic mass is 9.91. The van der Waals surface area contributed by atoms with E-state index in [-0.39, 0.29) is 23.9 Å². The molecular formula is C26H35N5O3. The molecule has 0 unspecified atom stereocenters. The van der Waals surface area contributed by atoms with E-state index < -0.39 is 0 Å². The molecule has 0 bridgehead atoms. The second-order valence-electron chi connectivity index (χ2n) is 9.25. The minimum Gasteiger partial charge on any atom is -0.497 e. The predicted octanol–water partition coefficient (Wildman–Crippen LogP) is 2.17. The zero-order valence-electron chi connectivity index (χ0n) is 19.8. The maximum atomic E-state index is 12.7. The van der Waals surface area contributed by atoms with E-state index in [1.165, 1.54) is 0 Å². The number of nitrogens with two attached hydrogens (primary N) is 2. The van der Waals surface area contributed by atoms with E-state index in [1.807, 2.05) is 41.3 Å². The molecule has 2 aromatic carbocycles. The number of hydrogen-bond donors (Lipinski definition) is 3. The lowest BCUT2D eigenvalue weighted by Crippen LogP contribution is -2.49. The largest absolute Gasteiger partial charge is 0.497 e. The van der Waals surface area contributed by atoms with Gasteiger partial charge in [-0.2, -0.15) is 0 Å². The molecule has 2 aliphatic rings. The Morgan fingerprint density at radius 2 is 1.68 bits per heavy atom. The number of nitrogen functional groups attached to an aromatic ring is 1. The Hall–Kier alpha value is -3.26. The van der Waals surface area contributed by atoms with Gasteiger partial charge in [-0.3, -0.25) is 9.59 Å². The second-order valence-corrected chi connectivity index (χ2v) is 9.25. The maximum Gasteiger partial charge on any atom is 0.251 e. The number of piperazine rings is 1. The van der Waals surface area contributed by atoms with Crippen LogP contribution in [0.25, 0.3) is 0 Å². The summed E-state index contributed by atoms with van der Waals surface area (Å²) in [5.74, 6) is 0.811. The zero-order valence-corrected chi connectivity index (χ0v) is 19.8. The summed E-state index contributed by atoms with van der Waals surface area (Å²) in [7, 11) is 1.63. The van der Waals surface area contributed by atoms with Gasteiger partial charge in [0.2, 0.25) is 5.91 Å². The summed E-state index contributed by atoms with van der Waals surface area (Å²) in [5.41, 5.74) is 15.3. The molecule has 2 aromatic rings. The molecule has 8 heteroatoms. The van der Waals surface area contributed by atoms with E-state index >= 15 is 0 Å². The highest BCUT2D eigenvalue weighted by atomic mass is 16.5. The third kappa shape index (κ3) is 5.80. The number of carbonyl (C=O) groups excluding carboxylic acids is 2. The fraction of sp³-hybridized carbons (Fsp3) is 0.462. The average Bonchev–Trinajstić information content (AvgIpc) is 2.86. The number of nitrogens with zero attached hydrogens (tertiary/aromatic N) is 2. The number of benzene rings is 2. The Kier molecular flexibility index (Phi) is 7.57. The van der Waals surface area contributed by atoms with Crippen molar-refractivity contribution in [2.45, 2.75) is 44.2 Å². The van der Waals surface area contributed by atoms with Gasteiger partial charge in [-0.15, -0.1) is 0 Å². The zero-order chi connectivity index (χ0) is 24.1. The molecule has 0 spiro atoms. The van der Waals surface area contributed by atoms with Crippen molar-refractivity contribution in [3.8, 4) is 5.75 Å². The van der Waals surface area contributed by atoms with Gasteiger partial charge >= 0.3 is 0 Å². The highest BCUT2D eigenvalue weighted by Crippen LogP contribution is 2.26. The molecule has 1 aliphatic heterocycles. The molecule has 0 atom stereocenters. The SMILES string of the molecule is COc1ccc(CC(=O)N2CCN(c3ccc(C(=O)NC4CCC(N)CC4)cc3N)CC2)cc1. The van der Waals surface area contributed by atoms with Crippen LogP contribution >= 0.6 is 0 Å². The summed E-state index contributed by atoms with van der Waals surface area (Å²) in [6.45, 7) is 2.68. The Morgan fingerprint density at radius 3 is 2.29 bits per heavy atom. The van der Waals surface area contributed by atoms with E-state index in [2.05, 4.69) is 10.2 Å². The quantitative estimate of drug-likeness (QED) is 0.564. The van der Waals surface area contributed by atoms with E-state index in [4.69, 9.17) is 16.2 Å². The van der Waals surface area contributed by atoms with Crippen LogP contribution in [0.1, 0.15) is 41.6 Å². The summed E-state index contributed by atoms with van der Waals surface area (Å²) < 4.78 is 5.17. The average molecular weight is 466 g/mol. The Morgan fingerprint density at radius 1 is 1.00 bits per heavy atom. The molecule has 2 amide bonds. The van der Waals surface area contributed by atoms with E-state index in [1.54, 1.807) is 13.2 Å². The lowest BCUT2D eigenvalue weighted by molar-refractivity contribution is -0.130. The van der Waals surface area contributed by atoms with E-state index in [0.29, 0.717) is 43.9 Å². The van der Waals surface area contributed by atoms with Crippen molar-refractivity contribution in [3.05, 3.63) is 53.6 Å². The molecule has 1 saturated heterocycles. The van der Waals surface area contributed by atoms with Crippen LogP contribution in [-0.4, -0.2) is 62.1 Å². The molecule has 4 rings (SSSR count). The number of hydrogen-bond acceptors (Lipinski definition) is 6. The van der Waals surface area contributed by atoms with E-state index in [9.17, 15) is 9.59 Å². The van der Waals surface area contributed by atoms with Crippen LogP contribution in [0, 0.1) is 0 Å². The molecule has 1 heterocycles. The minimum absolute atomic E-state index is 0.0901. The molecule has 0 aromatic heterocycles. The van der Waals surface area contributed by atoms with Gasteiger partial charge in [0, 0.05) is 43.8 Å². The summed E-state index contributed by atoms with van der Waals surface area (Å²) in [4.78, 5) is 29.5. The van der Waals surface area contributed by atoms with Crippen molar-refractivity contribution >= 4 is 23.2 Å². The first-order valence-corrected chi connectivity index (χ1v) is 12.0. The van der Waals surface area contributed by atoms with Crippen LogP contribution < -0.4 is 26.4 Å². The number of anilines is 2. The van der Waals surface area contributed by atoms with E-state index in [0.717, 1.165) is 42.7 Å². The molecule has 8 nitrogen and oxygen atoms in total. The lowest BCUT2D eigenvalue weighted by Gasteiger charge is -2.36. The number of nitrogens with one attached hydrogen (secondary N) is 1. The minimum atomic E-state index is -0.0901. The van der Waals surface area contributed by atoms with Gasteiger partial charge in [-0.1, -0.05) is 12.1 Å². The molecule has 5 N–H and O–H groups in total. The third-order valence-electron chi connectivity index (χ3n) is 6.88. The first-order chi connectivity index (χ1) is 16.4. The predicted molar refractivity (Wildman–Crippen MR) is 134 cm³/mol. The second kappa shape index (κ2) is 10.8. The van der Waals surface area contributed by atoms with Crippen molar-refractivity contribution in [2.75, 3.05) is 43.9 Å². The van der Waals surface area contributed by atoms with Crippen LogP contribution in [0.2, 0.25) is 0 Å². The third-order valence-corrected chi connectivity index (χ3v) is 6.88. The summed E-state index contributed by atoms with van der Waals surface area (Å²) in [6, 6.07) is 13.5. The van der Waals surface area contributed by atoms with Gasteiger partial charge in [0.15, 0.2) is 0 Å². The molecule has 1 saturated carbocycles. The Bertz CT molecular complexity index is 994. The highest BCUT2D eigenvalue weighted by Gasteiger charge is 2.24. The van der Waals surface area contributed by atoms with Crippen LogP contribution in [0.4, 0.5) is 11.4 Å². The first kappa shape index (κ1) is 23.9. The number of rotatable bonds is 6. The molecule has 1 aliphatic carbocycles. The van der Waals surface area contributed by atoms with Crippen molar-refractivity contribution in [1.82, 2.24) is 10.2 Å². The first-order valence-electron chi connectivity index (χ1n) is 12.0. The van der Waals surface area contributed by atoms with Crippen molar-refractivity contribution < 1.29 is 14.3 Å². The van der Waals surface area contributed by atoms with Gasteiger partial charge in [0.05, 0.1) is 24.9 Å². The van der Waals surface area contributed by atoms with Gasteiger partial charge < -0.3 is 31.3 Å². The molecule has 34 heavy (non-hydrogen) atoms. The normalized spacial score (nSPS) is 20.6. The fourth-order valence-electron chi connectivity index (χ4n) is 4.74. The van der Waals surface area contributed by atoms with Crippen molar-refractivity contribution in [1.29, 1.82) is 0 Å². The van der Waals surface area contributed by atoms with Gasteiger partial charge in [0.25, 0.3) is 5.91 Å². The Balaban J connectivity index is 1.29. The van der Waals surface area contributed by atoms with Crippen molar-refractivity contribution in [2.24, 2.45) is 5.73 Å². The van der Waals surface area contributed by atoms with Gasteiger partial charge in [-0.05, 0) is 61.6 Å². The molecule has 2 fully saturated rings. The molecule has 0 radical (unpaired) electrons. The maximum absolute atomic E-state index is 12.7. The number of carbonyl (C=O) groups is 2. The summed E-state index contributed by atoms with van der Waals surface area (Å²) >= 11 is 0. The molecule has 182 valence electrons. The highest BCUT2D eigenvalue weighted by molar-refractivity contribution is 5.96. The van der Waals surface area contributed by atoms with Crippen LogP contribution in [0.15, 0.2) is 42.5 Å². The van der Waals surface area contributed by atoms with Crippen LogP contribution in [0.3, 0.4) is 0 Å². The topological polar surface area (TPSA) is 114 Å². The van der Waals surface area contributed by atoms with Gasteiger partial charge in [-0.25, -0.2) is 0 Å². The summed E-state index contributed by atoms with van der Waals surface area (Å²) in [5, 5.41) is 3.11.